The van der Waals surface area contributed by atoms with E-state index in [0.29, 0.717) is 6.54 Å². The van der Waals surface area contributed by atoms with E-state index in [1.165, 1.54) is 0 Å². The molecule has 1 heterocycles. The van der Waals surface area contributed by atoms with E-state index in [0.717, 1.165) is 28.7 Å². The van der Waals surface area contributed by atoms with Crippen LogP contribution in [-0.4, -0.2) is 23.7 Å². The molecule has 1 aromatic carbocycles. The van der Waals surface area contributed by atoms with E-state index in [1.54, 1.807) is 11.9 Å². The Morgan fingerprint density at radius 1 is 1.39 bits per heavy atom. The van der Waals surface area contributed by atoms with Crippen LogP contribution in [-0.2, 0) is 17.8 Å². The topological polar surface area (TPSA) is 33.5 Å². The number of alkyl halides is 1. The molecule has 0 saturated heterocycles. The number of fused-ring (bicyclic) bond motifs is 1. The Hall–Kier alpha value is -1.48. The van der Waals surface area contributed by atoms with Crippen molar-refractivity contribution >= 4 is 28.5 Å². The minimum Gasteiger partial charge on any atom is -0.461 e. The minimum absolute atomic E-state index is 0.00768. The van der Waals surface area contributed by atoms with E-state index in [9.17, 15) is 4.79 Å². The molecule has 2 rings (SSSR count). The Kier molecular flexibility index (Phi) is 3.92. The number of hydrogen-bond acceptors (Lipinski definition) is 2. The number of benzene rings is 1. The van der Waals surface area contributed by atoms with E-state index < -0.39 is 0 Å². The first kappa shape index (κ1) is 13.0. The fraction of sp³-hybridized carbons (Fsp3) is 0.357. The number of amides is 1. The largest absolute Gasteiger partial charge is 0.461 e. The monoisotopic (exact) mass is 265 g/mol. The van der Waals surface area contributed by atoms with E-state index in [4.69, 9.17) is 16.0 Å². The summed E-state index contributed by atoms with van der Waals surface area (Å²) in [7, 11) is 1.76. The molecule has 0 spiro atoms. The maximum Gasteiger partial charge on any atom is 0.237 e. The molecule has 0 aliphatic rings. The Bertz CT molecular complexity index is 562. The van der Waals surface area contributed by atoms with Gasteiger partial charge in [-0.05, 0) is 6.07 Å². The van der Waals surface area contributed by atoms with Crippen molar-refractivity contribution in [3.63, 3.8) is 0 Å². The van der Waals surface area contributed by atoms with Gasteiger partial charge in [0.25, 0.3) is 0 Å². The zero-order valence-electron chi connectivity index (χ0n) is 10.6. The second-order valence-electron chi connectivity index (χ2n) is 4.24. The van der Waals surface area contributed by atoms with Crippen LogP contribution in [0.2, 0.25) is 0 Å². The molecule has 0 fully saturated rings. The highest BCUT2D eigenvalue weighted by Crippen LogP contribution is 2.27. The summed E-state index contributed by atoms with van der Waals surface area (Å²) < 4.78 is 5.79. The van der Waals surface area contributed by atoms with Gasteiger partial charge in [0.15, 0.2) is 0 Å². The molecular formula is C14H16ClNO2. The first-order valence-electron chi connectivity index (χ1n) is 5.96. The van der Waals surface area contributed by atoms with Crippen molar-refractivity contribution in [2.45, 2.75) is 19.9 Å². The first-order valence-corrected chi connectivity index (χ1v) is 6.50. The lowest BCUT2D eigenvalue weighted by atomic mass is 10.1. The lowest BCUT2D eigenvalue weighted by Gasteiger charge is -2.15. The Balaban J connectivity index is 2.39. The van der Waals surface area contributed by atoms with Gasteiger partial charge in [-0.3, -0.25) is 4.79 Å². The van der Waals surface area contributed by atoms with E-state index >= 15 is 0 Å². The molecule has 96 valence electrons. The molecule has 2 aromatic rings. The third-order valence-electron chi connectivity index (χ3n) is 3.04. The van der Waals surface area contributed by atoms with Crippen LogP contribution in [0.25, 0.3) is 11.0 Å². The minimum atomic E-state index is -0.0796. The zero-order chi connectivity index (χ0) is 13.1. The van der Waals surface area contributed by atoms with Crippen LogP contribution in [0.15, 0.2) is 28.7 Å². The summed E-state index contributed by atoms with van der Waals surface area (Å²) in [6, 6.07) is 7.89. The van der Waals surface area contributed by atoms with E-state index in [2.05, 4.69) is 0 Å². The van der Waals surface area contributed by atoms with Gasteiger partial charge in [0.1, 0.15) is 17.2 Å². The van der Waals surface area contributed by atoms with Crippen LogP contribution < -0.4 is 0 Å². The second kappa shape index (κ2) is 5.44. The fourth-order valence-corrected chi connectivity index (χ4v) is 2.24. The first-order chi connectivity index (χ1) is 8.67. The van der Waals surface area contributed by atoms with Crippen molar-refractivity contribution in [3.05, 3.63) is 35.6 Å². The van der Waals surface area contributed by atoms with Gasteiger partial charge < -0.3 is 9.32 Å². The van der Waals surface area contributed by atoms with E-state index in [1.807, 2.05) is 31.2 Å². The number of aryl methyl sites for hydroxylation is 1. The molecule has 0 bridgehead atoms. The number of carbonyl (C=O) groups is 1. The summed E-state index contributed by atoms with van der Waals surface area (Å²) in [5.74, 6) is 0.864. The molecule has 4 heteroatoms. The Morgan fingerprint density at radius 2 is 2.11 bits per heavy atom. The van der Waals surface area contributed by atoms with Crippen molar-refractivity contribution in [1.82, 2.24) is 4.90 Å². The highest BCUT2D eigenvalue weighted by atomic mass is 35.5. The second-order valence-corrected chi connectivity index (χ2v) is 4.50. The molecule has 18 heavy (non-hydrogen) atoms. The van der Waals surface area contributed by atoms with Gasteiger partial charge in [-0.2, -0.15) is 0 Å². The summed E-state index contributed by atoms with van der Waals surface area (Å²) in [5, 5.41) is 1.07. The van der Waals surface area contributed by atoms with Crippen molar-refractivity contribution < 1.29 is 9.21 Å². The van der Waals surface area contributed by atoms with Gasteiger partial charge in [-0.25, -0.2) is 0 Å². The summed E-state index contributed by atoms with van der Waals surface area (Å²) in [6.07, 6.45) is 0.812. The molecule has 1 aromatic heterocycles. The van der Waals surface area contributed by atoms with Crippen molar-refractivity contribution in [2.75, 3.05) is 12.9 Å². The van der Waals surface area contributed by atoms with Crippen LogP contribution in [0, 0.1) is 0 Å². The summed E-state index contributed by atoms with van der Waals surface area (Å²) >= 11 is 5.56. The molecule has 3 nitrogen and oxygen atoms in total. The fourth-order valence-electron chi connectivity index (χ4n) is 2.04. The number of rotatable bonds is 4. The number of carbonyl (C=O) groups excluding carboxylic acids is 1. The lowest BCUT2D eigenvalue weighted by Crippen LogP contribution is -2.27. The normalized spacial score (nSPS) is 10.8. The highest BCUT2D eigenvalue weighted by Gasteiger charge is 2.16. The Labute approximate surface area is 111 Å². The summed E-state index contributed by atoms with van der Waals surface area (Å²) in [4.78, 5) is 13.2. The van der Waals surface area contributed by atoms with Crippen molar-refractivity contribution in [3.8, 4) is 0 Å². The van der Waals surface area contributed by atoms with Gasteiger partial charge in [0.2, 0.25) is 5.91 Å². The van der Waals surface area contributed by atoms with E-state index in [-0.39, 0.29) is 11.8 Å². The predicted molar refractivity (Wildman–Crippen MR) is 72.8 cm³/mol. The number of nitrogens with zero attached hydrogens (tertiary/aromatic N) is 1. The van der Waals surface area contributed by atoms with Gasteiger partial charge >= 0.3 is 0 Å². The Morgan fingerprint density at radius 3 is 2.78 bits per heavy atom. The maximum atomic E-state index is 11.5. The average molecular weight is 266 g/mol. The number of furan rings is 1. The third kappa shape index (κ3) is 2.36. The van der Waals surface area contributed by atoms with Crippen LogP contribution in [0.3, 0.4) is 0 Å². The SMILES string of the molecule is CCc1oc2ccccc2c1CN(C)C(=O)CCl. The molecule has 0 radical (unpaired) electrons. The van der Waals surface area contributed by atoms with Gasteiger partial charge in [0.05, 0.1) is 0 Å². The smallest absolute Gasteiger partial charge is 0.237 e. The molecule has 1 amide bonds. The quantitative estimate of drug-likeness (QED) is 0.796. The lowest BCUT2D eigenvalue weighted by molar-refractivity contribution is -0.127. The third-order valence-corrected chi connectivity index (χ3v) is 3.27. The molecule has 0 atom stereocenters. The van der Waals surface area contributed by atoms with Crippen LogP contribution >= 0.6 is 11.6 Å². The van der Waals surface area contributed by atoms with Crippen LogP contribution in [0.1, 0.15) is 18.2 Å². The summed E-state index contributed by atoms with van der Waals surface area (Å²) in [6.45, 7) is 2.58. The van der Waals surface area contributed by atoms with Gasteiger partial charge in [0, 0.05) is 31.0 Å². The predicted octanol–water partition coefficient (Wildman–Crippen LogP) is 3.19. The highest BCUT2D eigenvalue weighted by molar-refractivity contribution is 6.27. The maximum absolute atomic E-state index is 11.5. The molecule has 0 aliphatic heterocycles. The molecule has 0 aliphatic carbocycles. The van der Waals surface area contributed by atoms with Gasteiger partial charge in [-0.1, -0.05) is 25.1 Å². The standard InChI is InChI=1S/C14H16ClNO2/c1-3-12-11(9-16(2)14(17)8-15)10-6-4-5-7-13(10)18-12/h4-7H,3,8-9H2,1-2H3. The van der Waals surface area contributed by atoms with Crippen LogP contribution in [0.5, 0.6) is 0 Å². The molecule has 0 unspecified atom stereocenters. The zero-order valence-corrected chi connectivity index (χ0v) is 11.3. The average Bonchev–Trinajstić information content (AvgIpc) is 2.76. The molecule has 0 N–H and O–H groups in total. The number of para-hydroxylation sites is 1. The van der Waals surface area contributed by atoms with Crippen LogP contribution in [0.4, 0.5) is 0 Å². The van der Waals surface area contributed by atoms with Crippen molar-refractivity contribution in [2.24, 2.45) is 0 Å². The van der Waals surface area contributed by atoms with Crippen molar-refractivity contribution in [1.29, 1.82) is 0 Å². The molecular weight excluding hydrogens is 250 g/mol. The molecule has 0 saturated carbocycles. The summed E-state index contributed by atoms with van der Waals surface area (Å²) in [5.41, 5.74) is 1.95. The number of hydrogen-bond donors (Lipinski definition) is 0. The van der Waals surface area contributed by atoms with Gasteiger partial charge in [-0.15, -0.1) is 11.6 Å². The number of halogens is 1.